The SMILES string of the molecule is CSc1ccc(CN(C)C(=O)c2csc(I)c2)cc1. The van der Waals surface area contributed by atoms with Crippen LogP contribution in [0.3, 0.4) is 0 Å². The Bertz CT molecular complexity index is 565. The quantitative estimate of drug-likeness (QED) is 0.559. The molecule has 1 aromatic heterocycles. The first-order chi connectivity index (χ1) is 9.10. The van der Waals surface area contributed by atoms with Gasteiger partial charge in [0, 0.05) is 23.9 Å². The average Bonchev–Trinajstić information content (AvgIpc) is 2.85. The van der Waals surface area contributed by atoms with Crippen molar-refractivity contribution in [3.8, 4) is 0 Å². The van der Waals surface area contributed by atoms with Crippen LogP contribution >= 0.6 is 45.7 Å². The molecule has 0 fully saturated rings. The zero-order chi connectivity index (χ0) is 13.8. The largest absolute Gasteiger partial charge is 0.337 e. The van der Waals surface area contributed by atoms with Crippen molar-refractivity contribution in [2.45, 2.75) is 11.4 Å². The summed E-state index contributed by atoms with van der Waals surface area (Å²) in [5.74, 6) is 0.0770. The fraction of sp³-hybridized carbons (Fsp3) is 0.214. The maximum atomic E-state index is 12.2. The predicted molar refractivity (Wildman–Crippen MR) is 91.1 cm³/mol. The van der Waals surface area contributed by atoms with Crippen LogP contribution in [0.1, 0.15) is 15.9 Å². The number of halogens is 1. The predicted octanol–water partition coefficient (Wildman–Crippen LogP) is 4.35. The van der Waals surface area contributed by atoms with Gasteiger partial charge >= 0.3 is 0 Å². The van der Waals surface area contributed by atoms with Crippen molar-refractivity contribution in [3.63, 3.8) is 0 Å². The highest BCUT2D eigenvalue weighted by Gasteiger charge is 2.13. The lowest BCUT2D eigenvalue weighted by atomic mass is 10.2. The number of carbonyl (C=O) groups excluding carboxylic acids is 1. The van der Waals surface area contributed by atoms with Crippen molar-refractivity contribution in [2.75, 3.05) is 13.3 Å². The number of hydrogen-bond acceptors (Lipinski definition) is 3. The Kier molecular flexibility index (Phi) is 5.29. The van der Waals surface area contributed by atoms with Crippen molar-refractivity contribution in [1.29, 1.82) is 0 Å². The van der Waals surface area contributed by atoms with E-state index in [0.29, 0.717) is 6.54 Å². The first-order valence-electron chi connectivity index (χ1n) is 5.72. The van der Waals surface area contributed by atoms with E-state index in [1.807, 2.05) is 18.5 Å². The standard InChI is InChI=1S/C14H14INOS2/c1-16(14(17)11-7-13(15)19-9-11)8-10-3-5-12(18-2)6-4-10/h3-7,9H,8H2,1-2H3. The molecular weight excluding hydrogens is 389 g/mol. The number of benzene rings is 1. The maximum absolute atomic E-state index is 12.2. The summed E-state index contributed by atoms with van der Waals surface area (Å²) in [5, 5.41) is 1.91. The lowest BCUT2D eigenvalue weighted by Crippen LogP contribution is -2.25. The highest BCUT2D eigenvalue weighted by atomic mass is 127. The molecule has 2 aromatic rings. The van der Waals surface area contributed by atoms with Gasteiger partial charge in [-0.15, -0.1) is 23.1 Å². The van der Waals surface area contributed by atoms with E-state index >= 15 is 0 Å². The third-order valence-electron chi connectivity index (χ3n) is 2.74. The molecule has 0 radical (unpaired) electrons. The number of rotatable bonds is 4. The van der Waals surface area contributed by atoms with Gasteiger partial charge in [0.25, 0.3) is 5.91 Å². The van der Waals surface area contributed by atoms with Gasteiger partial charge in [0.2, 0.25) is 0 Å². The topological polar surface area (TPSA) is 20.3 Å². The molecule has 0 bridgehead atoms. The summed E-state index contributed by atoms with van der Waals surface area (Å²) in [6, 6.07) is 10.3. The van der Waals surface area contributed by atoms with Gasteiger partial charge in [-0.25, -0.2) is 0 Å². The number of nitrogens with zero attached hydrogens (tertiary/aromatic N) is 1. The lowest BCUT2D eigenvalue weighted by Gasteiger charge is -2.16. The molecule has 1 heterocycles. The Morgan fingerprint density at radius 1 is 1.37 bits per heavy atom. The molecule has 5 heteroatoms. The highest BCUT2D eigenvalue weighted by molar-refractivity contribution is 14.1. The number of thioether (sulfide) groups is 1. The summed E-state index contributed by atoms with van der Waals surface area (Å²) >= 11 is 5.55. The van der Waals surface area contributed by atoms with Crippen LogP contribution in [0, 0.1) is 2.88 Å². The van der Waals surface area contributed by atoms with Crippen molar-refractivity contribution < 1.29 is 4.79 Å². The zero-order valence-corrected chi connectivity index (χ0v) is 14.5. The molecule has 1 aromatic carbocycles. The Morgan fingerprint density at radius 2 is 2.05 bits per heavy atom. The Labute approximate surface area is 135 Å². The molecule has 0 aliphatic rings. The molecule has 2 nitrogen and oxygen atoms in total. The summed E-state index contributed by atoms with van der Waals surface area (Å²) in [6.45, 7) is 0.639. The van der Waals surface area contributed by atoms with Crippen LogP contribution in [-0.2, 0) is 6.54 Å². The molecular formula is C14H14INOS2. The number of amides is 1. The minimum atomic E-state index is 0.0770. The third-order valence-corrected chi connectivity index (χ3v) is 5.27. The van der Waals surface area contributed by atoms with E-state index in [0.717, 1.165) is 14.0 Å². The number of thiophene rings is 1. The fourth-order valence-electron chi connectivity index (χ4n) is 1.72. The molecule has 0 spiro atoms. The van der Waals surface area contributed by atoms with Gasteiger partial charge in [-0.1, -0.05) is 12.1 Å². The van der Waals surface area contributed by atoms with Crippen molar-refractivity contribution >= 4 is 51.6 Å². The molecule has 1 amide bonds. The molecule has 0 aliphatic heterocycles. The molecule has 0 atom stereocenters. The van der Waals surface area contributed by atoms with Crippen LogP contribution in [0.25, 0.3) is 0 Å². The summed E-state index contributed by atoms with van der Waals surface area (Å²) in [7, 11) is 1.84. The first-order valence-corrected chi connectivity index (χ1v) is 8.91. The van der Waals surface area contributed by atoms with Gasteiger partial charge in [0.1, 0.15) is 0 Å². The molecule has 0 aliphatic carbocycles. The number of hydrogen-bond donors (Lipinski definition) is 0. The van der Waals surface area contributed by atoms with Crippen molar-refractivity contribution in [2.24, 2.45) is 0 Å². The molecule has 100 valence electrons. The van der Waals surface area contributed by atoms with E-state index in [1.54, 1.807) is 28.0 Å². The summed E-state index contributed by atoms with van der Waals surface area (Å²) in [6.07, 6.45) is 2.06. The van der Waals surface area contributed by atoms with Crippen LogP contribution in [-0.4, -0.2) is 24.1 Å². The van der Waals surface area contributed by atoms with Crippen molar-refractivity contribution in [3.05, 3.63) is 49.7 Å². The Morgan fingerprint density at radius 3 is 2.58 bits per heavy atom. The molecule has 0 unspecified atom stereocenters. The molecule has 0 saturated carbocycles. The lowest BCUT2D eigenvalue weighted by molar-refractivity contribution is 0.0785. The van der Waals surface area contributed by atoms with E-state index in [4.69, 9.17) is 0 Å². The summed E-state index contributed by atoms with van der Waals surface area (Å²) < 4.78 is 1.14. The highest BCUT2D eigenvalue weighted by Crippen LogP contribution is 2.19. The molecule has 0 N–H and O–H groups in total. The van der Waals surface area contributed by atoms with Crippen LogP contribution in [0.15, 0.2) is 40.6 Å². The second-order valence-corrected chi connectivity index (χ2v) is 7.83. The average molecular weight is 403 g/mol. The van der Waals surface area contributed by atoms with Gasteiger partial charge in [0.15, 0.2) is 0 Å². The minimum absolute atomic E-state index is 0.0770. The van der Waals surface area contributed by atoms with Gasteiger partial charge in [0.05, 0.1) is 8.45 Å². The first kappa shape index (κ1) is 14.9. The second kappa shape index (κ2) is 6.76. The minimum Gasteiger partial charge on any atom is -0.337 e. The number of carbonyl (C=O) groups is 1. The Hall–Kier alpha value is -0.530. The van der Waals surface area contributed by atoms with Gasteiger partial charge in [-0.2, -0.15) is 0 Å². The molecule has 19 heavy (non-hydrogen) atoms. The smallest absolute Gasteiger partial charge is 0.254 e. The van der Waals surface area contributed by atoms with Crippen molar-refractivity contribution in [1.82, 2.24) is 4.90 Å². The van der Waals surface area contributed by atoms with E-state index in [-0.39, 0.29) is 5.91 Å². The van der Waals surface area contributed by atoms with Gasteiger partial charge < -0.3 is 4.90 Å². The van der Waals surface area contributed by atoms with Crippen LogP contribution in [0.5, 0.6) is 0 Å². The second-order valence-electron chi connectivity index (χ2n) is 4.15. The van der Waals surface area contributed by atoms with E-state index in [9.17, 15) is 4.79 Å². The monoisotopic (exact) mass is 403 g/mol. The van der Waals surface area contributed by atoms with Gasteiger partial charge in [-0.3, -0.25) is 4.79 Å². The normalized spacial score (nSPS) is 10.5. The van der Waals surface area contributed by atoms with Crippen LogP contribution in [0.2, 0.25) is 0 Å². The fourth-order valence-corrected chi connectivity index (χ4v) is 3.45. The van der Waals surface area contributed by atoms with Crippen LogP contribution < -0.4 is 0 Å². The summed E-state index contributed by atoms with van der Waals surface area (Å²) in [4.78, 5) is 15.2. The summed E-state index contributed by atoms with van der Waals surface area (Å²) in [5.41, 5.74) is 1.93. The third kappa shape index (κ3) is 3.97. The maximum Gasteiger partial charge on any atom is 0.254 e. The van der Waals surface area contributed by atoms with E-state index in [1.165, 1.54) is 4.90 Å². The van der Waals surface area contributed by atoms with Gasteiger partial charge in [-0.05, 0) is 52.6 Å². The van der Waals surface area contributed by atoms with E-state index < -0.39 is 0 Å². The Balaban J connectivity index is 2.03. The van der Waals surface area contributed by atoms with Crippen LogP contribution in [0.4, 0.5) is 0 Å². The molecule has 2 rings (SSSR count). The zero-order valence-electron chi connectivity index (χ0n) is 10.7. The van der Waals surface area contributed by atoms with E-state index in [2.05, 4.69) is 53.1 Å². The molecule has 0 saturated heterocycles.